The van der Waals surface area contributed by atoms with Crippen LogP contribution in [0.4, 0.5) is 5.69 Å². The highest BCUT2D eigenvalue weighted by molar-refractivity contribution is 7.89. The molecule has 1 atom stereocenters. The van der Waals surface area contributed by atoms with Gasteiger partial charge in [-0.3, -0.25) is 0 Å². The zero-order valence-electron chi connectivity index (χ0n) is 10.2. The predicted octanol–water partition coefficient (Wildman–Crippen LogP) is 0.545. The number of nitrogens with one attached hydrogen (secondary N) is 1. The van der Waals surface area contributed by atoms with Gasteiger partial charge in [0.1, 0.15) is 0 Å². The molecule has 0 radical (unpaired) electrons. The molecule has 0 saturated carbocycles. The van der Waals surface area contributed by atoms with E-state index in [9.17, 15) is 8.42 Å². The van der Waals surface area contributed by atoms with E-state index in [1.165, 1.54) is 6.92 Å². The largest absolute Gasteiger partial charge is 0.399 e. The van der Waals surface area contributed by atoms with Crippen LogP contribution in [0.2, 0.25) is 0 Å². The van der Waals surface area contributed by atoms with Crippen molar-refractivity contribution in [2.45, 2.75) is 31.8 Å². The minimum atomic E-state index is -3.60. The van der Waals surface area contributed by atoms with Crippen molar-refractivity contribution in [2.24, 2.45) is 0 Å². The van der Waals surface area contributed by atoms with Gasteiger partial charge >= 0.3 is 0 Å². The number of hydrogen-bond acceptors (Lipinski definition) is 4. The van der Waals surface area contributed by atoms with Crippen LogP contribution >= 0.6 is 0 Å². The fourth-order valence-electron chi connectivity index (χ4n) is 1.71. The standard InChI is InChI=1S/C11H18N2O3S/c1-7-4-10(12)5-8(2)11(7)17(15,16)13-6-9(3)14/h4-5,9,13-14H,6,12H2,1-3H3/t9-/m0/s1. The van der Waals surface area contributed by atoms with Gasteiger partial charge in [-0.2, -0.15) is 0 Å². The highest BCUT2D eigenvalue weighted by Crippen LogP contribution is 2.22. The maximum atomic E-state index is 12.0. The van der Waals surface area contributed by atoms with Crippen molar-refractivity contribution < 1.29 is 13.5 Å². The molecule has 0 fully saturated rings. The lowest BCUT2D eigenvalue weighted by molar-refractivity contribution is 0.198. The molecular weight excluding hydrogens is 240 g/mol. The van der Waals surface area contributed by atoms with E-state index in [1.807, 2.05) is 0 Å². The number of anilines is 1. The lowest BCUT2D eigenvalue weighted by Crippen LogP contribution is -2.31. The molecule has 6 heteroatoms. The van der Waals surface area contributed by atoms with Gasteiger partial charge in [-0.15, -0.1) is 0 Å². The van der Waals surface area contributed by atoms with Crippen molar-refractivity contribution in [3.63, 3.8) is 0 Å². The zero-order valence-corrected chi connectivity index (χ0v) is 11.0. The molecule has 0 unspecified atom stereocenters. The second-order valence-electron chi connectivity index (χ2n) is 4.18. The summed E-state index contributed by atoms with van der Waals surface area (Å²) in [6.45, 7) is 4.90. The van der Waals surface area contributed by atoms with E-state index in [2.05, 4.69) is 4.72 Å². The lowest BCUT2D eigenvalue weighted by Gasteiger charge is -2.13. The van der Waals surface area contributed by atoms with Gasteiger partial charge in [0.15, 0.2) is 0 Å². The molecule has 4 N–H and O–H groups in total. The average Bonchev–Trinajstić information content (AvgIpc) is 2.12. The number of hydrogen-bond donors (Lipinski definition) is 3. The SMILES string of the molecule is Cc1cc(N)cc(C)c1S(=O)(=O)NC[C@H](C)O. The summed E-state index contributed by atoms with van der Waals surface area (Å²) in [4.78, 5) is 0.229. The van der Waals surface area contributed by atoms with E-state index in [0.29, 0.717) is 16.8 Å². The Morgan fingerprint density at radius 3 is 2.24 bits per heavy atom. The number of aryl methyl sites for hydroxylation is 2. The van der Waals surface area contributed by atoms with Gasteiger partial charge < -0.3 is 10.8 Å². The second kappa shape index (κ2) is 5.03. The minimum Gasteiger partial charge on any atom is -0.399 e. The smallest absolute Gasteiger partial charge is 0.241 e. The number of aliphatic hydroxyl groups is 1. The topological polar surface area (TPSA) is 92.4 Å². The van der Waals surface area contributed by atoms with Crippen LogP contribution in [0, 0.1) is 13.8 Å². The summed E-state index contributed by atoms with van der Waals surface area (Å²) < 4.78 is 26.4. The minimum absolute atomic E-state index is 0.00834. The Kier molecular flexibility index (Phi) is 4.13. The number of aliphatic hydroxyl groups excluding tert-OH is 1. The second-order valence-corrected chi connectivity index (χ2v) is 5.89. The van der Waals surface area contributed by atoms with E-state index in [0.717, 1.165) is 0 Å². The summed E-state index contributed by atoms with van der Waals surface area (Å²) in [5.74, 6) is 0. The van der Waals surface area contributed by atoms with Crippen LogP contribution in [0.25, 0.3) is 0 Å². The number of nitrogens with two attached hydrogens (primary N) is 1. The Morgan fingerprint density at radius 1 is 1.35 bits per heavy atom. The number of rotatable bonds is 4. The van der Waals surface area contributed by atoms with Crippen LogP contribution in [-0.4, -0.2) is 26.2 Å². The summed E-state index contributed by atoms with van der Waals surface area (Å²) >= 11 is 0. The van der Waals surface area contributed by atoms with Crippen molar-refractivity contribution in [3.05, 3.63) is 23.3 Å². The van der Waals surface area contributed by atoms with Crippen LogP contribution in [0.1, 0.15) is 18.1 Å². The van der Waals surface area contributed by atoms with Gasteiger partial charge in [0.25, 0.3) is 0 Å². The molecule has 0 saturated heterocycles. The van der Waals surface area contributed by atoms with Gasteiger partial charge in [0, 0.05) is 12.2 Å². The molecule has 0 aliphatic heterocycles. The molecule has 0 aliphatic carbocycles. The molecule has 0 heterocycles. The van der Waals surface area contributed by atoms with Crippen LogP contribution in [0.3, 0.4) is 0 Å². The molecule has 0 aromatic heterocycles. The summed E-state index contributed by atoms with van der Waals surface area (Å²) in [7, 11) is -3.60. The van der Waals surface area contributed by atoms with E-state index in [1.54, 1.807) is 26.0 Å². The maximum absolute atomic E-state index is 12.0. The first-order chi connectivity index (χ1) is 7.74. The zero-order chi connectivity index (χ0) is 13.2. The first-order valence-corrected chi connectivity index (χ1v) is 6.77. The Hall–Kier alpha value is -1.11. The first-order valence-electron chi connectivity index (χ1n) is 5.28. The number of sulfonamides is 1. The fraction of sp³-hybridized carbons (Fsp3) is 0.455. The molecule has 96 valence electrons. The van der Waals surface area contributed by atoms with Crippen LogP contribution in [0.5, 0.6) is 0 Å². The van der Waals surface area contributed by atoms with E-state index in [4.69, 9.17) is 10.8 Å². The summed E-state index contributed by atoms with van der Waals surface area (Å²) in [5.41, 5.74) is 7.37. The molecular formula is C11H18N2O3S. The number of nitrogen functional groups attached to an aromatic ring is 1. The van der Waals surface area contributed by atoms with E-state index in [-0.39, 0.29) is 11.4 Å². The molecule has 0 amide bonds. The third kappa shape index (κ3) is 3.42. The summed E-state index contributed by atoms with van der Waals surface area (Å²) in [6, 6.07) is 3.23. The van der Waals surface area contributed by atoms with Crippen molar-refractivity contribution >= 4 is 15.7 Å². The van der Waals surface area contributed by atoms with Gasteiger partial charge in [-0.1, -0.05) is 0 Å². The number of benzene rings is 1. The van der Waals surface area contributed by atoms with Crippen molar-refractivity contribution in [3.8, 4) is 0 Å². The van der Waals surface area contributed by atoms with Crippen LogP contribution in [-0.2, 0) is 10.0 Å². The Balaban J connectivity index is 3.16. The van der Waals surface area contributed by atoms with Gasteiger partial charge in [0.05, 0.1) is 11.0 Å². The van der Waals surface area contributed by atoms with E-state index >= 15 is 0 Å². The third-order valence-electron chi connectivity index (χ3n) is 2.32. The monoisotopic (exact) mass is 258 g/mol. The molecule has 0 aliphatic rings. The highest BCUT2D eigenvalue weighted by atomic mass is 32.2. The van der Waals surface area contributed by atoms with Gasteiger partial charge in [0.2, 0.25) is 10.0 Å². The quantitative estimate of drug-likeness (QED) is 0.687. The van der Waals surface area contributed by atoms with E-state index < -0.39 is 16.1 Å². The molecule has 0 bridgehead atoms. The van der Waals surface area contributed by atoms with Crippen LogP contribution in [0.15, 0.2) is 17.0 Å². The molecule has 1 rings (SSSR count). The Morgan fingerprint density at radius 2 is 1.82 bits per heavy atom. The first kappa shape index (κ1) is 14.0. The molecule has 1 aromatic rings. The van der Waals surface area contributed by atoms with Crippen molar-refractivity contribution in [1.29, 1.82) is 0 Å². The summed E-state index contributed by atoms with van der Waals surface area (Å²) in [6.07, 6.45) is -0.723. The molecule has 1 aromatic carbocycles. The summed E-state index contributed by atoms with van der Waals surface area (Å²) in [5, 5.41) is 9.10. The van der Waals surface area contributed by atoms with Crippen molar-refractivity contribution in [1.82, 2.24) is 4.72 Å². The van der Waals surface area contributed by atoms with Crippen molar-refractivity contribution in [2.75, 3.05) is 12.3 Å². The lowest BCUT2D eigenvalue weighted by atomic mass is 10.1. The maximum Gasteiger partial charge on any atom is 0.241 e. The Labute approximate surface area is 102 Å². The normalized spacial score (nSPS) is 13.6. The molecule has 0 spiro atoms. The predicted molar refractivity (Wildman–Crippen MR) is 67.2 cm³/mol. The highest BCUT2D eigenvalue weighted by Gasteiger charge is 2.19. The third-order valence-corrected chi connectivity index (χ3v) is 4.05. The van der Waals surface area contributed by atoms with Crippen LogP contribution < -0.4 is 10.5 Å². The fourth-order valence-corrected chi connectivity index (χ4v) is 3.28. The molecule has 5 nitrogen and oxygen atoms in total. The van der Waals surface area contributed by atoms with Gasteiger partial charge in [-0.25, -0.2) is 13.1 Å². The molecule has 17 heavy (non-hydrogen) atoms. The van der Waals surface area contributed by atoms with Gasteiger partial charge in [-0.05, 0) is 44.0 Å². The average molecular weight is 258 g/mol. The Bertz CT molecular complexity index is 486.